The van der Waals surface area contributed by atoms with Crippen molar-refractivity contribution in [3.8, 4) is 0 Å². The molecule has 0 amide bonds. The molecule has 0 saturated carbocycles. The van der Waals surface area contributed by atoms with Crippen molar-refractivity contribution >= 4 is 0 Å². The number of nitrogens with zero attached hydrogens (tertiary/aromatic N) is 1. The molecule has 2 rings (SSSR count). The highest BCUT2D eigenvalue weighted by Gasteiger charge is 2.22. The van der Waals surface area contributed by atoms with E-state index in [9.17, 15) is 5.11 Å². The van der Waals surface area contributed by atoms with Crippen LogP contribution in [-0.2, 0) is 0 Å². The largest absolute Gasteiger partial charge is 0.472 e. The van der Waals surface area contributed by atoms with Gasteiger partial charge in [0.05, 0.1) is 19.1 Å². The summed E-state index contributed by atoms with van der Waals surface area (Å²) in [7, 11) is 0. The average molecular weight is 238 g/mol. The third-order valence-electron chi connectivity index (χ3n) is 3.58. The first-order valence-corrected chi connectivity index (χ1v) is 6.41. The molecule has 1 fully saturated rings. The number of aliphatic hydroxyl groups excluding tert-OH is 1. The van der Waals surface area contributed by atoms with Crippen LogP contribution in [0.3, 0.4) is 0 Å². The predicted octanol–water partition coefficient (Wildman–Crippen LogP) is 1.39. The third-order valence-corrected chi connectivity index (χ3v) is 3.58. The lowest BCUT2D eigenvalue weighted by Gasteiger charge is -2.30. The predicted molar refractivity (Wildman–Crippen MR) is 66.8 cm³/mol. The summed E-state index contributed by atoms with van der Waals surface area (Å²) >= 11 is 0. The van der Waals surface area contributed by atoms with Gasteiger partial charge < -0.3 is 14.8 Å². The molecule has 96 valence electrons. The van der Waals surface area contributed by atoms with Crippen molar-refractivity contribution < 1.29 is 9.52 Å². The third kappa shape index (κ3) is 3.31. The molecule has 0 aromatic carbocycles. The highest BCUT2D eigenvalue weighted by Crippen LogP contribution is 2.21. The molecule has 0 aliphatic carbocycles. The fourth-order valence-corrected chi connectivity index (χ4v) is 2.49. The van der Waals surface area contributed by atoms with E-state index >= 15 is 0 Å². The number of aliphatic hydroxyl groups is 1. The van der Waals surface area contributed by atoms with Crippen molar-refractivity contribution in [2.45, 2.75) is 31.8 Å². The molecule has 0 radical (unpaired) electrons. The molecule has 2 atom stereocenters. The van der Waals surface area contributed by atoms with Gasteiger partial charge in [-0.3, -0.25) is 4.90 Å². The van der Waals surface area contributed by atoms with E-state index in [1.165, 1.54) is 18.4 Å². The minimum atomic E-state index is 0.203. The van der Waals surface area contributed by atoms with E-state index in [0.29, 0.717) is 18.6 Å². The summed E-state index contributed by atoms with van der Waals surface area (Å²) in [5, 5.41) is 12.7. The summed E-state index contributed by atoms with van der Waals surface area (Å²) in [5.74, 6) is 0. The summed E-state index contributed by atoms with van der Waals surface area (Å²) in [6.45, 7) is 5.19. The summed E-state index contributed by atoms with van der Waals surface area (Å²) in [4.78, 5) is 2.31. The van der Waals surface area contributed by atoms with Crippen molar-refractivity contribution in [1.29, 1.82) is 0 Å². The first-order chi connectivity index (χ1) is 8.31. The first-order valence-electron chi connectivity index (χ1n) is 6.41. The summed E-state index contributed by atoms with van der Waals surface area (Å²) < 4.78 is 5.13. The van der Waals surface area contributed by atoms with Crippen LogP contribution < -0.4 is 5.32 Å². The quantitative estimate of drug-likeness (QED) is 0.786. The Morgan fingerprint density at radius 1 is 1.65 bits per heavy atom. The Morgan fingerprint density at radius 3 is 3.12 bits per heavy atom. The van der Waals surface area contributed by atoms with Crippen molar-refractivity contribution in [2.75, 3.05) is 26.2 Å². The molecule has 4 heteroatoms. The molecular weight excluding hydrogens is 216 g/mol. The standard InChI is InChI=1S/C13H22N2O2/c1-11(12-4-8-17-10-12)15(6-7-16)9-13-3-2-5-14-13/h4,8,10-11,13-14,16H,2-3,5-7,9H2,1H3. The SMILES string of the molecule is CC(c1ccoc1)N(CCO)CC1CCCN1. The average Bonchev–Trinajstić information content (AvgIpc) is 3.00. The second-order valence-electron chi connectivity index (χ2n) is 4.74. The highest BCUT2D eigenvalue weighted by molar-refractivity contribution is 5.10. The van der Waals surface area contributed by atoms with Crippen molar-refractivity contribution in [3.05, 3.63) is 24.2 Å². The van der Waals surface area contributed by atoms with E-state index < -0.39 is 0 Å². The molecule has 1 saturated heterocycles. The first kappa shape index (κ1) is 12.6. The molecule has 0 spiro atoms. The molecule has 1 aliphatic heterocycles. The van der Waals surface area contributed by atoms with Crippen molar-refractivity contribution in [2.24, 2.45) is 0 Å². The Hall–Kier alpha value is -0.840. The van der Waals surface area contributed by atoms with Crippen LogP contribution in [0.25, 0.3) is 0 Å². The van der Waals surface area contributed by atoms with E-state index in [1.807, 2.05) is 6.07 Å². The van der Waals surface area contributed by atoms with Crippen LogP contribution in [0.15, 0.2) is 23.0 Å². The fourth-order valence-electron chi connectivity index (χ4n) is 2.49. The van der Waals surface area contributed by atoms with E-state index in [2.05, 4.69) is 17.1 Å². The zero-order valence-corrected chi connectivity index (χ0v) is 10.4. The Kier molecular flexibility index (Phi) is 4.59. The second kappa shape index (κ2) is 6.19. The van der Waals surface area contributed by atoms with E-state index in [-0.39, 0.29) is 6.61 Å². The van der Waals surface area contributed by atoms with Crippen LogP contribution in [0.5, 0.6) is 0 Å². The molecule has 1 aromatic rings. The molecule has 1 aliphatic rings. The Morgan fingerprint density at radius 2 is 2.53 bits per heavy atom. The molecule has 1 aromatic heterocycles. The number of rotatable bonds is 6. The minimum Gasteiger partial charge on any atom is -0.472 e. The molecule has 2 N–H and O–H groups in total. The highest BCUT2D eigenvalue weighted by atomic mass is 16.3. The van der Waals surface area contributed by atoms with Gasteiger partial charge >= 0.3 is 0 Å². The van der Waals surface area contributed by atoms with Crippen LogP contribution in [0.4, 0.5) is 0 Å². The number of hydrogen-bond donors (Lipinski definition) is 2. The molecule has 0 bridgehead atoms. The molecule has 4 nitrogen and oxygen atoms in total. The summed E-state index contributed by atoms with van der Waals surface area (Å²) in [6.07, 6.45) is 5.99. The van der Waals surface area contributed by atoms with Crippen LogP contribution in [0.1, 0.15) is 31.4 Å². The van der Waals surface area contributed by atoms with Gasteiger partial charge in [-0.1, -0.05) is 0 Å². The van der Waals surface area contributed by atoms with Crippen LogP contribution >= 0.6 is 0 Å². The van der Waals surface area contributed by atoms with Gasteiger partial charge in [-0.05, 0) is 32.4 Å². The van der Waals surface area contributed by atoms with Gasteiger partial charge in [-0.25, -0.2) is 0 Å². The van der Waals surface area contributed by atoms with Gasteiger partial charge in [0.2, 0.25) is 0 Å². The smallest absolute Gasteiger partial charge is 0.0950 e. The van der Waals surface area contributed by atoms with Gasteiger partial charge in [-0.15, -0.1) is 0 Å². The lowest BCUT2D eigenvalue weighted by atomic mass is 10.1. The van der Waals surface area contributed by atoms with Gasteiger partial charge in [0.15, 0.2) is 0 Å². The Labute approximate surface area is 103 Å². The fraction of sp³-hybridized carbons (Fsp3) is 0.692. The Balaban J connectivity index is 1.95. The van der Waals surface area contributed by atoms with E-state index in [0.717, 1.165) is 13.1 Å². The van der Waals surface area contributed by atoms with Crippen LogP contribution in [-0.4, -0.2) is 42.3 Å². The lowest BCUT2D eigenvalue weighted by Crippen LogP contribution is -2.40. The maximum Gasteiger partial charge on any atom is 0.0950 e. The number of nitrogens with one attached hydrogen (secondary N) is 1. The van der Waals surface area contributed by atoms with E-state index in [4.69, 9.17) is 4.42 Å². The molecule has 2 heterocycles. The topological polar surface area (TPSA) is 48.6 Å². The molecule has 17 heavy (non-hydrogen) atoms. The number of hydrogen-bond acceptors (Lipinski definition) is 4. The number of furan rings is 1. The van der Waals surface area contributed by atoms with Crippen molar-refractivity contribution in [3.63, 3.8) is 0 Å². The zero-order valence-electron chi connectivity index (χ0n) is 10.4. The van der Waals surface area contributed by atoms with Gasteiger partial charge in [0, 0.05) is 30.7 Å². The van der Waals surface area contributed by atoms with Crippen LogP contribution in [0.2, 0.25) is 0 Å². The summed E-state index contributed by atoms with van der Waals surface area (Å²) in [5.41, 5.74) is 1.18. The lowest BCUT2D eigenvalue weighted by molar-refractivity contribution is 0.147. The van der Waals surface area contributed by atoms with Gasteiger partial charge in [0.1, 0.15) is 0 Å². The van der Waals surface area contributed by atoms with Gasteiger partial charge in [-0.2, -0.15) is 0 Å². The molecule has 2 unspecified atom stereocenters. The maximum atomic E-state index is 9.17. The molecular formula is C13H22N2O2. The maximum absolute atomic E-state index is 9.17. The minimum absolute atomic E-state index is 0.203. The normalized spacial score (nSPS) is 22.2. The van der Waals surface area contributed by atoms with E-state index in [1.54, 1.807) is 12.5 Å². The van der Waals surface area contributed by atoms with Crippen LogP contribution in [0, 0.1) is 0 Å². The zero-order chi connectivity index (χ0) is 12.1. The monoisotopic (exact) mass is 238 g/mol. The Bertz CT molecular complexity index is 307. The van der Waals surface area contributed by atoms with Crippen molar-refractivity contribution in [1.82, 2.24) is 10.2 Å². The van der Waals surface area contributed by atoms with Gasteiger partial charge in [0.25, 0.3) is 0 Å². The summed E-state index contributed by atoms with van der Waals surface area (Å²) in [6, 6.07) is 2.86. The second-order valence-corrected chi connectivity index (χ2v) is 4.74.